The van der Waals surface area contributed by atoms with Crippen molar-refractivity contribution < 1.29 is 18.7 Å². The maximum atomic E-state index is 12.7. The molecule has 6 heteroatoms. The van der Waals surface area contributed by atoms with Crippen LogP contribution in [0, 0.1) is 0 Å². The summed E-state index contributed by atoms with van der Waals surface area (Å²) < 4.78 is 17.3. The number of carbonyl (C=O) groups excluding carboxylic acids is 1. The Morgan fingerprint density at radius 1 is 1.33 bits per heavy atom. The first-order chi connectivity index (χ1) is 11.8. The van der Waals surface area contributed by atoms with Gasteiger partial charge >= 0.3 is 0 Å². The maximum absolute atomic E-state index is 12.7. The van der Waals surface area contributed by atoms with Gasteiger partial charge in [0.15, 0.2) is 5.76 Å². The van der Waals surface area contributed by atoms with Crippen LogP contribution < -0.4 is 0 Å². The van der Waals surface area contributed by atoms with Crippen molar-refractivity contribution in [2.45, 2.75) is 37.7 Å². The van der Waals surface area contributed by atoms with E-state index in [1.165, 1.54) is 6.26 Å². The van der Waals surface area contributed by atoms with Gasteiger partial charge in [-0.15, -0.1) is 0 Å². The highest BCUT2D eigenvalue weighted by Gasteiger charge is 2.47. The molecular weight excluding hydrogens is 308 g/mol. The number of hydrogen-bond donors (Lipinski definition) is 0. The third-order valence-electron chi connectivity index (χ3n) is 4.68. The summed E-state index contributed by atoms with van der Waals surface area (Å²) in [5.74, 6) is 0.282. The molecule has 0 saturated carbocycles. The van der Waals surface area contributed by atoms with Crippen LogP contribution in [-0.4, -0.2) is 47.2 Å². The Morgan fingerprint density at radius 2 is 2.21 bits per heavy atom. The third-order valence-corrected chi connectivity index (χ3v) is 4.68. The molecule has 0 spiro atoms. The number of aromatic nitrogens is 1. The van der Waals surface area contributed by atoms with Crippen molar-refractivity contribution in [2.24, 2.45) is 0 Å². The summed E-state index contributed by atoms with van der Waals surface area (Å²) in [6.45, 7) is 1.74. The minimum Gasteiger partial charge on any atom is -0.459 e. The Kier molecular flexibility index (Phi) is 4.32. The first-order valence-corrected chi connectivity index (χ1v) is 8.29. The Morgan fingerprint density at radius 3 is 3.00 bits per heavy atom. The van der Waals surface area contributed by atoms with Crippen LogP contribution in [-0.2, 0) is 16.1 Å². The normalized spacial score (nSPS) is 26.3. The summed E-state index contributed by atoms with van der Waals surface area (Å²) in [5, 5.41) is 0. The van der Waals surface area contributed by atoms with Crippen LogP contribution in [0.3, 0.4) is 0 Å². The molecular formula is C18H20N2O4. The minimum absolute atomic E-state index is 0.0544. The molecule has 2 aliphatic rings. The fourth-order valence-corrected chi connectivity index (χ4v) is 3.51. The van der Waals surface area contributed by atoms with Crippen molar-refractivity contribution in [3.63, 3.8) is 0 Å². The summed E-state index contributed by atoms with van der Waals surface area (Å²) in [6.07, 6.45) is 6.73. The van der Waals surface area contributed by atoms with E-state index in [0.717, 1.165) is 25.0 Å². The highest BCUT2D eigenvalue weighted by Crippen LogP contribution is 2.32. The van der Waals surface area contributed by atoms with Crippen molar-refractivity contribution in [2.75, 3.05) is 13.2 Å². The fraction of sp³-hybridized carbons (Fsp3) is 0.444. The average molecular weight is 328 g/mol. The van der Waals surface area contributed by atoms with E-state index in [1.807, 2.05) is 17.0 Å². The van der Waals surface area contributed by atoms with Gasteiger partial charge in [0.1, 0.15) is 12.2 Å². The Labute approximate surface area is 140 Å². The molecule has 24 heavy (non-hydrogen) atoms. The SMILES string of the molecule is O=C(c1ccco1)N1C[C@@H](OCc2ccncc2)[C@H]2OCCC[C@H]21. The molecule has 4 rings (SSSR count). The maximum Gasteiger partial charge on any atom is 0.289 e. The lowest BCUT2D eigenvalue weighted by atomic mass is 10.0. The van der Waals surface area contributed by atoms with Gasteiger partial charge in [0.2, 0.25) is 0 Å². The Balaban J connectivity index is 1.48. The monoisotopic (exact) mass is 328 g/mol. The van der Waals surface area contributed by atoms with Gasteiger partial charge in [-0.05, 0) is 42.7 Å². The number of ether oxygens (including phenoxy) is 2. The molecule has 2 aromatic heterocycles. The van der Waals surface area contributed by atoms with Gasteiger partial charge in [0.05, 0.1) is 25.5 Å². The second kappa shape index (κ2) is 6.75. The molecule has 0 bridgehead atoms. The smallest absolute Gasteiger partial charge is 0.289 e. The molecule has 0 aromatic carbocycles. The summed E-state index contributed by atoms with van der Waals surface area (Å²) in [6, 6.07) is 7.35. The number of amides is 1. The molecule has 0 N–H and O–H groups in total. The lowest BCUT2D eigenvalue weighted by molar-refractivity contribution is -0.0810. The third kappa shape index (κ3) is 2.95. The average Bonchev–Trinajstić information content (AvgIpc) is 3.29. The number of furan rings is 1. The van der Waals surface area contributed by atoms with E-state index in [1.54, 1.807) is 24.5 Å². The van der Waals surface area contributed by atoms with E-state index in [9.17, 15) is 4.79 Å². The molecule has 2 aliphatic heterocycles. The number of pyridine rings is 1. The summed E-state index contributed by atoms with van der Waals surface area (Å²) in [7, 11) is 0. The summed E-state index contributed by atoms with van der Waals surface area (Å²) >= 11 is 0. The zero-order valence-electron chi connectivity index (χ0n) is 13.3. The molecule has 126 valence electrons. The molecule has 2 fully saturated rings. The van der Waals surface area contributed by atoms with Gasteiger partial charge in [-0.1, -0.05) is 0 Å². The number of fused-ring (bicyclic) bond motifs is 1. The van der Waals surface area contributed by atoms with Gasteiger partial charge in [-0.2, -0.15) is 0 Å². The zero-order valence-corrected chi connectivity index (χ0v) is 13.3. The molecule has 0 unspecified atom stereocenters. The largest absolute Gasteiger partial charge is 0.459 e. The molecule has 1 amide bonds. The summed E-state index contributed by atoms with van der Waals surface area (Å²) in [5.41, 5.74) is 1.06. The van der Waals surface area contributed by atoms with Gasteiger partial charge in [0, 0.05) is 19.0 Å². The van der Waals surface area contributed by atoms with Crippen LogP contribution in [0.25, 0.3) is 0 Å². The van der Waals surface area contributed by atoms with Gasteiger partial charge in [-0.3, -0.25) is 9.78 Å². The predicted octanol–water partition coefficient (Wildman–Crippen LogP) is 2.26. The lowest BCUT2D eigenvalue weighted by Gasteiger charge is -2.31. The number of rotatable bonds is 4. The van der Waals surface area contributed by atoms with Crippen LogP contribution in [0.2, 0.25) is 0 Å². The highest BCUT2D eigenvalue weighted by molar-refractivity contribution is 5.92. The van der Waals surface area contributed by atoms with Gasteiger partial charge in [-0.25, -0.2) is 0 Å². The predicted molar refractivity (Wildman–Crippen MR) is 85.3 cm³/mol. The number of likely N-dealkylation sites (tertiary alicyclic amines) is 1. The lowest BCUT2D eigenvalue weighted by Crippen LogP contribution is -2.43. The topological polar surface area (TPSA) is 64.8 Å². The van der Waals surface area contributed by atoms with Crippen molar-refractivity contribution in [1.29, 1.82) is 0 Å². The van der Waals surface area contributed by atoms with Crippen molar-refractivity contribution in [1.82, 2.24) is 9.88 Å². The van der Waals surface area contributed by atoms with Crippen LogP contribution in [0.15, 0.2) is 47.3 Å². The standard InChI is InChI=1S/C18H20N2O4/c21-18(15-4-2-9-22-15)20-11-16(17-14(20)3-1-10-23-17)24-12-13-5-7-19-8-6-13/h2,4-9,14,16-17H,1,3,10-12H2/t14-,16-,17+/m1/s1. The molecule has 6 nitrogen and oxygen atoms in total. The quantitative estimate of drug-likeness (QED) is 0.861. The van der Waals surface area contributed by atoms with Gasteiger partial charge < -0.3 is 18.8 Å². The molecule has 3 atom stereocenters. The van der Waals surface area contributed by atoms with E-state index in [4.69, 9.17) is 13.9 Å². The molecule has 0 radical (unpaired) electrons. The summed E-state index contributed by atoms with van der Waals surface area (Å²) in [4.78, 5) is 18.6. The van der Waals surface area contributed by atoms with E-state index in [-0.39, 0.29) is 24.2 Å². The number of carbonyl (C=O) groups is 1. The molecule has 4 heterocycles. The van der Waals surface area contributed by atoms with Crippen molar-refractivity contribution in [3.05, 3.63) is 54.2 Å². The van der Waals surface area contributed by atoms with Crippen LogP contribution in [0.5, 0.6) is 0 Å². The fourth-order valence-electron chi connectivity index (χ4n) is 3.51. The molecule has 2 aromatic rings. The first kappa shape index (κ1) is 15.4. The zero-order chi connectivity index (χ0) is 16.4. The minimum atomic E-state index is -0.123. The van der Waals surface area contributed by atoms with E-state index in [2.05, 4.69) is 4.98 Å². The van der Waals surface area contributed by atoms with E-state index < -0.39 is 0 Å². The second-order valence-electron chi connectivity index (χ2n) is 6.18. The molecule has 0 aliphatic carbocycles. The highest BCUT2D eigenvalue weighted by atomic mass is 16.5. The van der Waals surface area contributed by atoms with Gasteiger partial charge in [0.25, 0.3) is 5.91 Å². The van der Waals surface area contributed by atoms with Crippen LogP contribution in [0.1, 0.15) is 29.0 Å². The van der Waals surface area contributed by atoms with Crippen molar-refractivity contribution in [3.8, 4) is 0 Å². The second-order valence-corrected chi connectivity index (χ2v) is 6.18. The van der Waals surface area contributed by atoms with Crippen molar-refractivity contribution >= 4 is 5.91 Å². The molecule has 2 saturated heterocycles. The van der Waals surface area contributed by atoms with Crippen LogP contribution >= 0.6 is 0 Å². The first-order valence-electron chi connectivity index (χ1n) is 8.29. The van der Waals surface area contributed by atoms with E-state index in [0.29, 0.717) is 18.9 Å². The Bertz CT molecular complexity index is 674. The van der Waals surface area contributed by atoms with Crippen LogP contribution in [0.4, 0.5) is 0 Å². The van der Waals surface area contributed by atoms with E-state index >= 15 is 0 Å². The number of hydrogen-bond acceptors (Lipinski definition) is 5. The number of nitrogens with zero attached hydrogens (tertiary/aromatic N) is 2. The Hall–Kier alpha value is -2.18.